The zero-order valence-electron chi connectivity index (χ0n) is 15.6. The van der Waals surface area contributed by atoms with E-state index in [2.05, 4.69) is 0 Å². The number of esters is 1. The molecule has 0 amide bonds. The smallest absolute Gasteiger partial charge is 0.423 e. The number of halogens is 6. The summed E-state index contributed by atoms with van der Waals surface area (Å²) in [6.07, 6.45) is -11.1. The molecular formula is C19H15F6NO5. The van der Waals surface area contributed by atoms with Gasteiger partial charge in [-0.25, -0.2) is 0 Å². The number of alkyl halides is 6. The standard InChI is InChI=1S/C19H15F6NO5/c20-18(21,22)14-9-13(10-15(19(23,24)25)17(14)26(28)29)30-8-4-7-16(27)31-11-12-5-2-1-3-6-12/h1-3,5-6,9-10H,4,7-8,11H2. The maximum Gasteiger partial charge on any atom is 0.423 e. The lowest BCUT2D eigenvalue weighted by Crippen LogP contribution is -2.16. The van der Waals surface area contributed by atoms with Crippen LogP contribution in [-0.2, 0) is 28.5 Å². The van der Waals surface area contributed by atoms with Gasteiger partial charge in [0.15, 0.2) is 0 Å². The van der Waals surface area contributed by atoms with Crippen LogP contribution in [0.5, 0.6) is 5.75 Å². The molecule has 0 bridgehead atoms. The summed E-state index contributed by atoms with van der Waals surface area (Å²) in [5, 5.41) is 10.9. The van der Waals surface area contributed by atoms with Gasteiger partial charge in [0.2, 0.25) is 0 Å². The molecule has 0 fully saturated rings. The fourth-order valence-electron chi connectivity index (χ4n) is 2.54. The van der Waals surface area contributed by atoms with Crippen LogP contribution in [-0.4, -0.2) is 17.5 Å². The van der Waals surface area contributed by atoms with Crippen molar-refractivity contribution in [1.82, 2.24) is 0 Å². The second-order valence-corrected chi connectivity index (χ2v) is 6.22. The second-order valence-electron chi connectivity index (χ2n) is 6.22. The van der Waals surface area contributed by atoms with Crippen LogP contribution in [0.15, 0.2) is 42.5 Å². The summed E-state index contributed by atoms with van der Waals surface area (Å²) in [7, 11) is 0. The normalized spacial score (nSPS) is 11.8. The van der Waals surface area contributed by atoms with E-state index in [4.69, 9.17) is 9.47 Å². The quantitative estimate of drug-likeness (QED) is 0.173. The van der Waals surface area contributed by atoms with Gasteiger partial charge in [-0.05, 0) is 24.1 Å². The van der Waals surface area contributed by atoms with Gasteiger partial charge in [0.1, 0.15) is 23.5 Å². The molecule has 2 aromatic carbocycles. The Morgan fingerprint density at radius 1 is 0.968 bits per heavy atom. The molecule has 0 saturated carbocycles. The fourth-order valence-corrected chi connectivity index (χ4v) is 2.54. The molecule has 0 aliphatic carbocycles. The van der Waals surface area contributed by atoms with Crippen LogP contribution in [0.4, 0.5) is 32.0 Å². The van der Waals surface area contributed by atoms with Crippen molar-refractivity contribution in [2.24, 2.45) is 0 Å². The van der Waals surface area contributed by atoms with Gasteiger partial charge in [-0.3, -0.25) is 14.9 Å². The van der Waals surface area contributed by atoms with Gasteiger partial charge in [-0.15, -0.1) is 0 Å². The van der Waals surface area contributed by atoms with E-state index in [0.29, 0.717) is 0 Å². The first-order valence-electron chi connectivity index (χ1n) is 8.68. The van der Waals surface area contributed by atoms with E-state index in [1.807, 2.05) is 0 Å². The van der Waals surface area contributed by atoms with Gasteiger partial charge >= 0.3 is 18.3 Å². The van der Waals surface area contributed by atoms with Crippen LogP contribution in [0.3, 0.4) is 0 Å². The number of ether oxygens (including phenoxy) is 2. The number of nitro benzene ring substituents is 1. The van der Waals surface area contributed by atoms with Crippen LogP contribution in [0.1, 0.15) is 29.5 Å². The van der Waals surface area contributed by atoms with Gasteiger partial charge in [0.05, 0.1) is 11.5 Å². The van der Waals surface area contributed by atoms with E-state index in [9.17, 15) is 41.3 Å². The highest BCUT2D eigenvalue weighted by Gasteiger charge is 2.47. The molecule has 0 saturated heterocycles. The average molecular weight is 451 g/mol. The fraction of sp³-hybridized carbons (Fsp3) is 0.316. The Labute approximate surface area is 171 Å². The number of rotatable bonds is 8. The summed E-state index contributed by atoms with van der Waals surface area (Å²) in [6, 6.07) is 8.96. The van der Waals surface area contributed by atoms with Crippen LogP contribution < -0.4 is 4.74 Å². The number of hydrogen-bond acceptors (Lipinski definition) is 5. The third-order valence-electron chi connectivity index (χ3n) is 3.91. The molecule has 0 atom stereocenters. The van der Waals surface area contributed by atoms with Crippen LogP contribution in [0.2, 0.25) is 0 Å². The molecule has 6 nitrogen and oxygen atoms in total. The van der Waals surface area contributed by atoms with E-state index in [0.717, 1.165) is 5.56 Å². The SMILES string of the molecule is O=C(CCCOc1cc(C(F)(F)F)c([N+](=O)[O-])c(C(F)(F)F)c1)OCc1ccccc1. The Hall–Kier alpha value is -3.31. The molecule has 0 heterocycles. The number of hydrogen-bond donors (Lipinski definition) is 0. The highest BCUT2D eigenvalue weighted by Crippen LogP contribution is 2.46. The zero-order chi connectivity index (χ0) is 23.2. The topological polar surface area (TPSA) is 78.7 Å². The lowest BCUT2D eigenvalue weighted by molar-refractivity contribution is -0.391. The first-order valence-corrected chi connectivity index (χ1v) is 8.68. The summed E-state index contributed by atoms with van der Waals surface area (Å²) in [5.74, 6) is -1.49. The molecule has 12 heteroatoms. The van der Waals surface area contributed by atoms with E-state index in [1.54, 1.807) is 30.3 Å². The molecule has 31 heavy (non-hydrogen) atoms. The van der Waals surface area contributed by atoms with Crippen molar-refractivity contribution in [2.45, 2.75) is 31.8 Å². The summed E-state index contributed by atoms with van der Waals surface area (Å²) in [6.45, 7) is -0.403. The largest absolute Gasteiger partial charge is 0.494 e. The van der Waals surface area contributed by atoms with Crippen molar-refractivity contribution in [3.8, 4) is 5.75 Å². The van der Waals surface area contributed by atoms with Crippen LogP contribution >= 0.6 is 0 Å². The molecule has 0 aliphatic heterocycles. The average Bonchev–Trinajstić information content (AvgIpc) is 2.68. The van der Waals surface area contributed by atoms with E-state index in [-0.39, 0.29) is 31.6 Å². The van der Waals surface area contributed by atoms with E-state index in [1.165, 1.54) is 0 Å². The Kier molecular flexibility index (Phi) is 7.47. The lowest BCUT2D eigenvalue weighted by atomic mass is 10.1. The van der Waals surface area contributed by atoms with Gasteiger partial charge < -0.3 is 9.47 Å². The first kappa shape index (κ1) is 24.0. The third-order valence-corrected chi connectivity index (χ3v) is 3.91. The number of nitrogens with zero attached hydrogens (tertiary/aromatic N) is 1. The lowest BCUT2D eigenvalue weighted by Gasteiger charge is -2.15. The van der Waals surface area contributed by atoms with Gasteiger partial charge in [-0.1, -0.05) is 30.3 Å². The molecule has 0 aliphatic rings. The Balaban J connectivity index is 2.04. The van der Waals surface area contributed by atoms with Crippen molar-refractivity contribution >= 4 is 11.7 Å². The number of nitro groups is 1. The minimum Gasteiger partial charge on any atom is -0.494 e. The molecule has 0 aromatic heterocycles. The highest BCUT2D eigenvalue weighted by atomic mass is 19.4. The minimum absolute atomic E-state index is 0.00671. The maximum atomic E-state index is 13.1. The Morgan fingerprint density at radius 2 is 1.52 bits per heavy atom. The molecule has 0 spiro atoms. The first-order chi connectivity index (χ1) is 14.4. The monoisotopic (exact) mass is 451 g/mol. The predicted molar refractivity (Wildman–Crippen MR) is 94.1 cm³/mol. The van der Waals surface area contributed by atoms with Gasteiger partial charge in [-0.2, -0.15) is 26.3 Å². The summed E-state index contributed by atoms with van der Waals surface area (Å²) < 4.78 is 88.4. The summed E-state index contributed by atoms with van der Waals surface area (Å²) >= 11 is 0. The number of carbonyl (C=O) groups excluding carboxylic acids is 1. The zero-order valence-corrected chi connectivity index (χ0v) is 15.6. The molecule has 168 valence electrons. The third kappa shape index (κ3) is 6.86. The molecular weight excluding hydrogens is 436 g/mol. The Morgan fingerprint density at radius 3 is 2.00 bits per heavy atom. The molecule has 0 N–H and O–H groups in total. The number of benzene rings is 2. The van der Waals surface area contributed by atoms with Crippen LogP contribution in [0.25, 0.3) is 0 Å². The molecule has 2 aromatic rings. The van der Waals surface area contributed by atoms with Gasteiger partial charge in [0.25, 0.3) is 5.69 Å². The molecule has 0 radical (unpaired) electrons. The molecule has 2 rings (SSSR count). The van der Waals surface area contributed by atoms with Crippen molar-refractivity contribution in [3.63, 3.8) is 0 Å². The Bertz CT molecular complexity index is 893. The van der Waals surface area contributed by atoms with Crippen molar-refractivity contribution in [1.29, 1.82) is 0 Å². The highest BCUT2D eigenvalue weighted by molar-refractivity contribution is 5.69. The van der Waals surface area contributed by atoms with Gasteiger partial charge in [0, 0.05) is 6.42 Å². The maximum absolute atomic E-state index is 13.1. The predicted octanol–water partition coefficient (Wildman–Crippen LogP) is 5.53. The minimum atomic E-state index is -5.41. The molecule has 0 unspecified atom stereocenters. The summed E-state index contributed by atoms with van der Waals surface area (Å²) in [4.78, 5) is 20.8. The van der Waals surface area contributed by atoms with Crippen molar-refractivity contribution in [3.05, 3.63) is 69.3 Å². The van der Waals surface area contributed by atoms with Crippen molar-refractivity contribution in [2.75, 3.05) is 6.61 Å². The van der Waals surface area contributed by atoms with Crippen molar-refractivity contribution < 1.29 is 45.5 Å². The summed E-state index contributed by atoms with van der Waals surface area (Å²) in [5.41, 5.74) is -5.52. The number of carbonyl (C=O) groups is 1. The van der Waals surface area contributed by atoms with Crippen LogP contribution in [0, 0.1) is 10.1 Å². The van der Waals surface area contributed by atoms with E-state index < -0.39 is 52.4 Å². The second kappa shape index (κ2) is 9.67. The van der Waals surface area contributed by atoms with E-state index >= 15 is 0 Å².